The van der Waals surface area contributed by atoms with Gasteiger partial charge in [-0.15, -0.1) is 13.2 Å². The van der Waals surface area contributed by atoms with E-state index in [4.69, 9.17) is 0 Å². The van der Waals surface area contributed by atoms with Crippen molar-refractivity contribution in [2.45, 2.75) is 19.5 Å². The van der Waals surface area contributed by atoms with Gasteiger partial charge in [0.25, 0.3) is 0 Å². The first kappa shape index (κ1) is 19.3. The molecule has 2 rings (SSSR count). The minimum atomic E-state index is -4.79. The molecule has 0 bridgehead atoms. The van der Waals surface area contributed by atoms with Crippen molar-refractivity contribution in [2.75, 3.05) is 5.32 Å². The Hall–Kier alpha value is -3.04. The number of rotatable bonds is 6. The van der Waals surface area contributed by atoms with E-state index in [-0.39, 0.29) is 18.0 Å². The fraction of sp³-hybridized carbons (Fsp3) is 0.188. The fourth-order valence-corrected chi connectivity index (χ4v) is 1.89. The molecule has 2 aromatic carbocycles. The number of carbonyl (C=O) groups is 1. The number of hydrogen-bond donors (Lipinski definition) is 2. The molecule has 10 heteroatoms. The molecule has 5 nitrogen and oxygen atoms in total. The predicted octanol–water partition coefficient (Wildman–Crippen LogP) is 4.51. The molecule has 0 aromatic heterocycles. The Labute approximate surface area is 144 Å². The molecule has 140 valence electrons. The highest BCUT2D eigenvalue weighted by molar-refractivity contribution is 5.89. The Morgan fingerprint density at radius 3 is 2.08 bits per heavy atom. The number of alkyl halides is 5. The van der Waals surface area contributed by atoms with Crippen LogP contribution in [0.5, 0.6) is 11.5 Å². The molecule has 0 aliphatic carbocycles. The van der Waals surface area contributed by atoms with Gasteiger partial charge in [-0.05, 0) is 42.0 Å². The summed E-state index contributed by atoms with van der Waals surface area (Å²) in [5.41, 5.74) is 0.897. The minimum absolute atomic E-state index is 0.00522. The van der Waals surface area contributed by atoms with Crippen LogP contribution in [0, 0.1) is 0 Å². The number of amides is 2. The zero-order valence-corrected chi connectivity index (χ0v) is 13.0. The van der Waals surface area contributed by atoms with Gasteiger partial charge in [0.1, 0.15) is 11.5 Å². The summed E-state index contributed by atoms with van der Waals surface area (Å²) in [5.74, 6) is -0.413. The maximum absolute atomic E-state index is 12.1. The zero-order valence-electron chi connectivity index (χ0n) is 13.0. The SMILES string of the molecule is O=C(NCc1ccc(OC(F)F)cc1)Nc1ccc(OC(F)(F)F)cc1. The van der Waals surface area contributed by atoms with Gasteiger partial charge in [0.15, 0.2) is 0 Å². The largest absolute Gasteiger partial charge is 0.573 e. The molecule has 26 heavy (non-hydrogen) atoms. The number of urea groups is 1. The van der Waals surface area contributed by atoms with Crippen LogP contribution in [0.2, 0.25) is 0 Å². The van der Waals surface area contributed by atoms with Crippen LogP contribution in [0.4, 0.5) is 32.4 Å². The minimum Gasteiger partial charge on any atom is -0.435 e. The van der Waals surface area contributed by atoms with Crippen LogP contribution in [0.3, 0.4) is 0 Å². The highest BCUT2D eigenvalue weighted by Gasteiger charge is 2.30. The molecule has 2 amide bonds. The summed E-state index contributed by atoms with van der Waals surface area (Å²) in [6.45, 7) is -2.81. The summed E-state index contributed by atoms with van der Waals surface area (Å²) in [6, 6.07) is 9.69. The second kappa shape index (κ2) is 8.37. The van der Waals surface area contributed by atoms with E-state index in [1.165, 1.54) is 36.4 Å². The van der Waals surface area contributed by atoms with Crippen LogP contribution < -0.4 is 20.1 Å². The van der Waals surface area contributed by atoms with Crippen LogP contribution in [0.1, 0.15) is 5.56 Å². The topological polar surface area (TPSA) is 59.6 Å². The molecular weight excluding hydrogens is 363 g/mol. The number of nitrogens with one attached hydrogen (secondary N) is 2. The van der Waals surface area contributed by atoms with Crippen molar-refractivity contribution in [2.24, 2.45) is 0 Å². The van der Waals surface area contributed by atoms with Crippen molar-refractivity contribution in [3.05, 3.63) is 54.1 Å². The first-order valence-electron chi connectivity index (χ1n) is 7.16. The molecule has 2 N–H and O–H groups in total. The first-order valence-corrected chi connectivity index (χ1v) is 7.16. The van der Waals surface area contributed by atoms with E-state index in [2.05, 4.69) is 20.1 Å². The number of carbonyl (C=O) groups excluding carboxylic acids is 1. The van der Waals surface area contributed by atoms with Gasteiger partial charge in [0, 0.05) is 12.2 Å². The molecule has 0 saturated heterocycles. The third-order valence-corrected chi connectivity index (χ3v) is 2.95. The Balaban J connectivity index is 1.81. The Kier molecular flexibility index (Phi) is 6.21. The van der Waals surface area contributed by atoms with Crippen molar-refractivity contribution in [3.8, 4) is 11.5 Å². The van der Waals surface area contributed by atoms with Gasteiger partial charge in [-0.2, -0.15) is 8.78 Å². The van der Waals surface area contributed by atoms with E-state index in [0.29, 0.717) is 5.56 Å². The summed E-state index contributed by atoms with van der Waals surface area (Å²) in [6.07, 6.45) is -4.79. The van der Waals surface area contributed by atoms with E-state index in [0.717, 1.165) is 12.1 Å². The Morgan fingerprint density at radius 2 is 1.54 bits per heavy atom. The second-order valence-corrected chi connectivity index (χ2v) is 4.90. The van der Waals surface area contributed by atoms with Crippen molar-refractivity contribution in [1.29, 1.82) is 0 Å². The monoisotopic (exact) mass is 376 g/mol. The summed E-state index contributed by atoms with van der Waals surface area (Å²) in [4.78, 5) is 11.8. The standard InChI is InChI=1S/C16H13F5N2O3/c17-14(18)25-12-5-1-10(2-6-12)9-22-15(24)23-11-3-7-13(8-4-11)26-16(19,20)21/h1-8,14H,9H2,(H2,22,23,24). The van der Waals surface area contributed by atoms with E-state index in [9.17, 15) is 26.7 Å². The van der Waals surface area contributed by atoms with E-state index >= 15 is 0 Å². The van der Waals surface area contributed by atoms with E-state index in [1.54, 1.807) is 0 Å². The maximum Gasteiger partial charge on any atom is 0.573 e. The van der Waals surface area contributed by atoms with Crippen LogP contribution in [-0.2, 0) is 6.54 Å². The molecule has 0 radical (unpaired) electrons. The molecule has 0 unspecified atom stereocenters. The lowest BCUT2D eigenvalue weighted by atomic mass is 10.2. The molecule has 0 aliphatic rings. The van der Waals surface area contributed by atoms with Crippen molar-refractivity contribution >= 4 is 11.7 Å². The van der Waals surface area contributed by atoms with Gasteiger partial charge in [-0.25, -0.2) is 4.79 Å². The third-order valence-electron chi connectivity index (χ3n) is 2.95. The average Bonchev–Trinajstić information content (AvgIpc) is 2.54. The summed E-state index contributed by atoms with van der Waals surface area (Å²) >= 11 is 0. The maximum atomic E-state index is 12.1. The van der Waals surface area contributed by atoms with Gasteiger partial charge in [-0.1, -0.05) is 12.1 Å². The second-order valence-electron chi connectivity index (χ2n) is 4.90. The predicted molar refractivity (Wildman–Crippen MR) is 82.1 cm³/mol. The Bertz CT molecular complexity index is 718. The number of hydrogen-bond acceptors (Lipinski definition) is 3. The van der Waals surface area contributed by atoms with Crippen molar-refractivity contribution in [3.63, 3.8) is 0 Å². The molecule has 0 atom stereocenters. The molecule has 0 heterocycles. The van der Waals surface area contributed by atoms with Gasteiger partial charge < -0.3 is 20.1 Å². The smallest absolute Gasteiger partial charge is 0.435 e. The molecule has 0 spiro atoms. The summed E-state index contributed by atoms with van der Waals surface area (Å²) in [7, 11) is 0. The number of halogens is 5. The Morgan fingerprint density at radius 1 is 0.962 bits per heavy atom. The number of anilines is 1. The lowest BCUT2D eigenvalue weighted by Gasteiger charge is -2.11. The van der Waals surface area contributed by atoms with E-state index in [1.807, 2.05) is 0 Å². The molecule has 0 aliphatic heterocycles. The van der Waals surface area contributed by atoms with Crippen LogP contribution in [0.15, 0.2) is 48.5 Å². The van der Waals surface area contributed by atoms with Gasteiger partial charge >= 0.3 is 19.0 Å². The van der Waals surface area contributed by atoms with Crippen LogP contribution in [-0.4, -0.2) is 19.0 Å². The summed E-state index contributed by atoms with van der Waals surface area (Å²) < 4.78 is 68.2. The third kappa shape index (κ3) is 6.83. The quantitative estimate of drug-likeness (QED) is 0.730. The highest BCUT2D eigenvalue weighted by atomic mass is 19.4. The van der Waals surface area contributed by atoms with Crippen molar-refractivity contribution < 1.29 is 36.2 Å². The van der Waals surface area contributed by atoms with Crippen molar-refractivity contribution in [1.82, 2.24) is 5.32 Å². The first-order chi connectivity index (χ1) is 12.2. The number of ether oxygens (including phenoxy) is 2. The lowest BCUT2D eigenvalue weighted by molar-refractivity contribution is -0.274. The average molecular weight is 376 g/mol. The zero-order chi connectivity index (χ0) is 19.2. The van der Waals surface area contributed by atoms with Gasteiger partial charge in [0.05, 0.1) is 0 Å². The summed E-state index contributed by atoms with van der Waals surface area (Å²) in [5, 5.41) is 4.94. The fourth-order valence-electron chi connectivity index (χ4n) is 1.89. The molecule has 2 aromatic rings. The van der Waals surface area contributed by atoms with Crippen LogP contribution >= 0.6 is 0 Å². The van der Waals surface area contributed by atoms with Gasteiger partial charge in [-0.3, -0.25) is 0 Å². The molecule has 0 fully saturated rings. The number of benzene rings is 2. The van der Waals surface area contributed by atoms with E-state index < -0.39 is 24.8 Å². The molecule has 0 saturated carbocycles. The molecular formula is C16H13F5N2O3. The van der Waals surface area contributed by atoms with Crippen LogP contribution in [0.25, 0.3) is 0 Å². The normalized spacial score (nSPS) is 11.2. The lowest BCUT2D eigenvalue weighted by Crippen LogP contribution is -2.28. The van der Waals surface area contributed by atoms with Gasteiger partial charge in [0.2, 0.25) is 0 Å². The highest BCUT2D eigenvalue weighted by Crippen LogP contribution is 2.23.